The Labute approximate surface area is 114 Å². The molecule has 110 valence electrons. The van der Waals surface area contributed by atoms with Gasteiger partial charge in [0.05, 0.1) is 6.54 Å². The Morgan fingerprint density at radius 3 is 2.47 bits per heavy atom. The summed E-state index contributed by atoms with van der Waals surface area (Å²) >= 11 is 0. The maximum absolute atomic E-state index is 11.9. The fourth-order valence-electron chi connectivity index (χ4n) is 1.33. The standard InChI is InChI=1S/C11H22N4O3S/c1-8(2)6-11-13-10(14-18-11)7-12-19(16,17)15(5)9(3)4/h8-9,12H,6-7H2,1-5H3. The Morgan fingerprint density at radius 1 is 1.32 bits per heavy atom. The van der Waals surface area contributed by atoms with Gasteiger partial charge in [0.2, 0.25) is 5.89 Å². The van der Waals surface area contributed by atoms with Crippen LogP contribution in [0.5, 0.6) is 0 Å². The molecule has 0 bridgehead atoms. The zero-order chi connectivity index (χ0) is 14.6. The van der Waals surface area contributed by atoms with Crippen molar-refractivity contribution in [2.45, 2.75) is 46.7 Å². The van der Waals surface area contributed by atoms with Gasteiger partial charge < -0.3 is 4.52 Å². The van der Waals surface area contributed by atoms with Crippen LogP contribution in [-0.2, 0) is 23.2 Å². The minimum atomic E-state index is -3.51. The second-order valence-corrected chi connectivity index (χ2v) is 6.95. The number of hydrogen-bond donors (Lipinski definition) is 1. The minimum absolute atomic E-state index is 0.0288. The predicted molar refractivity (Wildman–Crippen MR) is 71.5 cm³/mol. The van der Waals surface area contributed by atoms with Gasteiger partial charge in [-0.2, -0.15) is 22.4 Å². The normalized spacial score (nSPS) is 12.8. The van der Waals surface area contributed by atoms with Crippen molar-refractivity contribution in [3.05, 3.63) is 11.7 Å². The lowest BCUT2D eigenvalue weighted by Gasteiger charge is -2.20. The summed E-state index contributed by atoms with van der Waals surface area (Å²) < 4.78 is 32.4. The van der Waals surface area contributed by atoms with Crippen LogP contribution in [0, 0.1) is 5.92 Å². The second-order valence-electron chi connectivity index (χ2n) is 5.14. The molecule has 0 aliphatic heterocycles. The van der Waals surface area contributed by atoms with E-state index < -0.39 is 10.2 Å². The molecule has 1 aromatic rings. The topological polar surface area (TPSA) is 88.3 Å². The van der Waals surface area contributed by atoms with E-state index in [1.54, 1.807) is 13.8 Å². The first kappa shape index (κ1) is 16.1. The van der Waals surface area contributed by atoms with Crippen molar-refractivity contribution in [1.29, 1.82) is 0 Å². The maximum atomic E-state index is 11.9. The molecule has 0 saturated heterocycles. The van der Waals surface area contributed by atoms with Crippen LogP contribution in [0.3, 0.4) is 0 Å². The van der Waals surface area contributed by atoms with Gasteiger partial charge in [-0.15, -0.1) is 0 Å². The molecule has 0 aliphatic rings. The summed E-state index contributed by atoms with van der Waals surface area (Å²) in [7, 11) is -1.99. The lowest BCUT2D eigenvalue weighted by atomic mass is 10.1. The van der Waals surface area contributed by atoms with Crippen LogP contribution in [0.4, 0.5) is 0 Å². The number of aromatic nitrogens is 2. The highest BCUT2D eigenvalue weighted by molar-refractivity contribution is 7.87. The van der Waals surface area contributed by atoms with Crippen LogP contribution >= 0.6 is 0 Å². The third kappa shape index (κ3) is 4.88. The Balaban J connectivity index is 2.59. The molecule has 1 rings (SSSR count). The van der Waals surface area contributed by atoms with Gasteiger partial charge >= 0.3 is 0 Å². The van der Waals surface area contributed by atoms with Crippen molar-refractivity contribution in [3.63, 3.8) is 0 Å². The van der Waals surface area contributed by atoms with E-state index in [1.165, 1.54) is 11.4 Å². The van der Waals surface area contributed by atoms with Gasteiger partial charge in [0.1, 0.15) is 0 Å². The smallest absolute Gasteiger partial charge is 0.279 e. The number of nitrogens with zero attached hydrogens (tertiary/aromatic N) is 3. The van der Waals surface area contributed by atoms with Crippen LogP contribution in [0.15, 0.2) is 4.52 Å². The highest BCUT2D eigenvalue weighted by Gasteiger charge is 2.20. The SMILES string of the molecule is CC(C)Cc1nc(CNS(=O)(=O)N(C)C(C)C)no1. The molecule has 0 fully saturated rings. The Hall–Kier alpha value is -0.990. The first-order valence-electron chi connectivity index (χ1n) is 6.26. The summed E-state index contributed by atoms with van der Waals surface area (Å²) in [6.07, 6.45) is 0.686. The molecular formula is C11H22N4O3S. The minimum Gasteiger partial charge on any atom is -0.339 e. The molecule has 0 spiro atoms. The number of hydrogen-bond acceptors (Lipinski definition) is 5. The molecule has 0 aromatic carbocycles. The van der Waals surface area contributed by atoms with Crippen molar-refractivity contribution in [3.8, 4) is 0 Å². The Morgan fingerprint density at radius 2 is 1.95 bits per heavy atom. The summed E-state index contributed by atoms with van der Waals surface area (Å²) in [4.78, 5) is 4.13. The van der Waals surface area contributed by atoms with Gasteiger partial charge in [-0.25, -0.2) is 0 Å². The summed E-state index contributed by atoms with van der Waals surface area (Å²) in [6, 6.07) is -0.112. The van der Waals surface area contributed by atoms with Crippen LogP contribution in [-0.4, -0.2) is 36.0 Å². The number of nitrogens with one attached hydrogen (secondary N) is 1. The first-order valence-corrected chi connectivity index (χ1v) is 7.70. The van der Waals surface area contributed by atoms with Crippen molar-refractivity contribution >= 4 is 10.2 Å². The maximum Gasteiger partial charge on any atom is 0.279 e. The Kier molecular flexibility index (Phi) is 5.45. The lowest BCUT2D eigenvalue weighted by Crippen LogP contribution is -2.41. The highest BCUT2D eigenvalue weighted by atomic mass is 32.2. The molecule has 7 nitrogen and oxygen atoms in total. The van der Waals surface area contributed by atoms with E-state index in [0.29, 0.717) is 24.1 Å². The molecule has 1 aromatic heterocycles. The van der Waals surface area contributed by atoms with Gasteiger partial charge in [0.15, 0.2) is 5.82 Å². The second kappa shape index (κ2) is 6.44. The van der Waals surface area contributed by atoms with Gasteiger partial charge in [-0.05, 0) is 19.8 Å². The summed E-state index contributed by atoms with van der Waals surface area (Å²) in [6.45, 7) is 7.72. The van der Waals surface area contributed by atoms with Gasteiger partial charge in [-0.3, -0.25) is 0 Å². The molecular weight excluding hydrogens is 268 g/mol. The van der Waals surface area contributed by atoms with Crippen LogP contribution in [0.2, 0.25) is 0 Å². The summed E-state index contributed by atoms with van der Waals surface area (Å²) in [5.41, 5.74) is 0. The summed E-state index contributed by atoms with van der Waals surface area (Å²) in [5.74, 6) is 1.29. The summed E-state index contributed by atoms with van der Waals surface area (Å²) in [5, 5.41) is 3.74. The van der Waals surface area contributed by atoms with Crippen molar-refractivity contribution in [2.75, 3.05) is 7.05 Å². The van der Waals surface area contributed by atoms with Crippen molar-refractivity contribution in [1.82, 2.24) is 19.2 Å². The van der Waals surface area contributed by atoms with E-state index >= 15 is 0 Å². The van der Waals surface area contributed by atoms with Gasteiger partial charge in [-0.1, -0.05) is 19.0 Å². The van der Waals surface area contributed by atoms with Crippen LogP contribution in [0.1, 0.15) is 39.4 Å². The molecule has 0 saturated carbocycles. The third-order valence-corrected chi connectivity index (χ3v) is 4.30. The largest absolute Gasteiger partial charge is 0.339 e. The third-order valence-electron chi connectivity index (χ3n) is 2.61. The zero-order valence-electron chi connectivity index (χ0n) is 12.0. The molecule has 1 N–H and O–H groups in total. The Bertz CT molecular complexity index is 496. The average Bonchev–Trinajstić information content (AvgIpc) is 2.72. The van der Waals surface area contributed by atoms with E-state index in [0.717, 1.165) is 0 Å². The molecule has 1 heterocycles. The van der Waals surface area contributed by atoms with E-state index in [2.05, 4.69) is 14.9 Å². The monoisotopic (exact) mass is 290 g/mol. The molecule has 8 heteroatoms. The highest BCUT2D eigenvalue weighted by Crippen LogP contribution is 2.06. The molecule has 0 radical (unpaired) electrons. The van der Waals surface area contributed by atoms with E-state index in [1.807, 2.05) is 13.8 Å². The van der Waals surface area contributed by atoms with Crippen molar-refractivity contribution in [2.24, 2.45) is 5.92 Å². The van der Waals surface area contributed by atoms with Crippen molar-refractivity contribution < 1.29 is 12.9 Å². The molecule has 0 aliphatic carbocycles. The van der Waals surface area contributed by atoms with Gasteiger partial charge in [0, 0.05) is 19.5 Å². The quantitative estimate of drug-likeness (QED) is 0.807. The van der Waals surface area contributed by atoms with Crippen LogP contribution in [0.25, 0.3) is 0 Å². The number of rotatable bonds is 7. The average molecular weight is 290 g/mol. The lowest BCUT2D eigenvalue weighted by molar-refractivity contribution is 0.358. The fraction of sp³-hybridized carbons (Fsp3) is 0.818. The van der Waals surface area contributed by atoms with Gasteiger partial charge in [0.25, 0.3) is 10.2 Å². The van der Waals surface area contributed by atoms with Crippen LogP contribution < -0.4 is 4.72 Å². The molecule has 0 unspecified atom stereocenters. The molecule has 0 atom stereocenters. The zero-order valence-corrected chi connectivity index (χ0v) is 12.9. The van der Waals surface area contributed by atoms with E-state index in [-0.39, 0.29) is 12.6 Å². The van der Waals surface area contributed by atoms with E-state index in [4.69, 9.17) is 4.52 Å². The first-order chi connectivity index (χ1) is 8.72. The fourth-order valence-corrected chi connectivity index (χ4v) is 2.40. The predicted octanol–water partition coefficient (Wildman–Crippen LogP) is 0.943. The van der Waals surface area contributed by atoms with E-state index in [9.17, 15) is 8.42 Å². The molecule has 19 heavy (non-hydrogen) atoms. The molecule has 0 amide bonds.